The summed E-state index contributed by atoms with van der Waals surface area (Å²) in [4.78, 5) is 37.0. The van der Waals surface area contributed by atoms with Crippen LogP contribution in [0.2, 0.25) is 5.02 Å². The topological polar surface area (TPSA) is 133 Å². The van der Waals surface area contributed by atoms with Crippen molar-refractivity contribution in [3.8, 4) is 11.5 Å². The average molecular weight is 561 g/mol. The summed E-state index contributed by atoms with van der Waals surface area (Å²) in [5, 5.41) is 11.1. The number of thioether (sulfide) groups is 1. The van der Waals surface area contributed by atoms with Crippen LogP contribution < -0.4 is 8.92 Å². The molecule has 0 aromatic heterocycles. The predicted octanol–water partition coefficient (Wildman–Crippen LogP) is 5.26. The van der Waals surface area contributed by atoms with E-state index < -0.39 is 26.2 Å². The van der Waals surface area contributed by atoms with Crippen molar-refractivity contribution in [2.45, 2.75) is 11.4 Å². The van der Waals surface area contributed by atoms with Gasteiger partial charge in [0.2, 0.25) is 0 Å². The van der Waals surface area contributed by atoms with E-state index in [0.29, 0.717) is 22.3 Å². The Balaban J connectivity index is 1.56. The molecule has 0 spiro atoms. The fourth-order valence-electron chi connectivity index (χ4n) is 3.39. The van der Waals surface area contributed by atoms with E-state index in [0.717, 1.165) is 4.90 Å². The number of methoxy groups -OCH3 is 1. The number of hydrogen-bond acceptors (Lipinski definition) is 9. The second kappa shape index (κ2) is 10.6. The maximum Gasteiger partial charge on any atom is 0.339 e. The number of ether oxygens (including phenoxy) is 1. The van der Waals surface area contributed by atoms with E-state index >= 15 is 0 Å². The molecule has 0 radical (unpaired) electrons. The smallest absolute Gasteiger partial charge is 0.339 e. The van der Waals surface area contributed by atoms with Crippen LogP contribution in [-0.2, 0) is 21.5 Å². The molecular weight excluding hydrogens is 544 g/mol. The van der Waals surface area contributed by atoms with Gasteiger partial charge < -0.3 is 8.92 Å². The number of para-hydroxylation sites is 1. The molecule has 1 aliphatic heterocycles. The molecule has 4 rings (SSSR count). The lowest BCUT2D eigenvalue weighted by Gasteiger charge is -2.12. The zero-order valence-electron chi connectivity index (χ0n) is 19.0. The van der Waals surface area contributed by atoms with Crippen LogP contribution in [0.5, 0.6) is 11.5 Å². The Morgan fingerprint density at radius 1 is 1.05 bits per heavy atom. The number of carbonyl (C=O) groups excluding carboxylic acids is 2. The van der Waals surface area contributed by atoms with E-state index in [9.17, 15) is 28.1 Å². The minimum absolute atomic E-state index is 0.0745. The number of nitrogens with zero attached hydrogens (tertiary/aromatic N) is 2. The van der Waals surface area contributed by atoms with Gasteiger partial charge >= 0.3 is 10.1 Å². The molecule has 0 unspecified atom stereocenters. The number of imide groups is 1. The highest BCUT2D eigenvalue weighted by molar-refractivity contribution is 8.18. The van der Waals surface area contributed by atoms with Crippen molar-refractivity contribution in [1.29, 1.82) is 0 Å². The Morgan fingerprint density at radius 2 is 1.76 bits per heavy atom. The van der Waals surface area contributed by atoms with Crippen LogP contribution in [0.4, 0.5) is 10.5 Å². The fourth-order valence-corrected chi connectivity index (χ4v) is 5.30. The van der Waals surface area contributed by atoms with Crippen LogP contribution in [0.3, 0.4) is 0 Å². The molecule has 1 saturated heterocycles. The van der Waals surface area contributed by atoms with Crippen LogP contribution in [0, 0.1) is 10.1 Å². The van der Waals surface area contributed by atoms with E-state index in [1.165, 1.54) is 73.8 Å². The first kappa shape index (κ1) is 26.2. The lowest BCUT2D eigenvalue weighted by molar-refractivity contribution is -0.385. The van der Waals surface area contributed by atoms with Crippen molar-refractivity contribution in [2.75, 3.05) is 7.11 Å². The molecule has 1 aliphatic rings. The van der Waals surface area contributed by atoms with E-state index in [1.807, 2.05) is 0 Å². The van der Waals surface area contributed by atoms with Crippen molar-refractivity contribution in [3.05, 3.63) is 97.9 Å². The van der Waals surface area contributed by atoms with Gasteiger partial charge in [0.05, 0.1) is 23.5 Å². The summed E-state index contributed by atoms with van der Waals surface area (Å²) in [5.74, 6) is -0.623. The second-order valence-corrected chi connectivity index (χ2v) is 10.5. The Hall–Kier alpha value is -3.87. The lowest BCUT2D eigenvalue weighted by atomic mass is 10.1. The summed E-state index contributed by atoms with van der Waals surface area (Å²) in [6, 6.07) is 15.6. The summed E-state index contributed by atoms with van der Waals surface area (Å²) in [6.07, 6.45) is 1.43. The van der Waals surface area contributed by atoms with Gasteiger partial charge in [-0.25, -0.2) is 0 Å². The second-order valence-electron chi connectivity index (χ2n) is 7.56. The van der Waals surface area contributed by atoms with Gasteiger partial charge in [-0.2, -0.15) is 8.42 Å². The van der Waals surface area contributed by atoms with Gasteiger partial charge in [-0.1, -0.05) is 35.9 Å². The van der Waals surface area contributed by atoms with Crippen molar-refractivity contribution >= 4 is 56.4 Å². The number of nitro benzene ring substituents is 1. The first-order valence-corrected chi connectivity index (χ1v) is 13.0. The van der Waals surface area contributed by atoms with E-state index in [2.05, 4.69) is 0 Å². The monoisotopic (exact) mass is 560 g/mol. The van der Waals surface area contributed by atoms with Crippen LogP contribution in [-0.4, -0.2) is 36.5 Å². The Kier molecular flexibility index (Phi) is 7.52. The van der Waals surface area contributed by atoms with E-state index in [1.54, 1.807) is 6.07 Å². The minimum atomic E-state index is -4.17. The number of rotatable bonds is 8. The number of benzene rings is 3. The summed E-state index contributed by atoms with van der Waals surface area (Å²) in [6.45, 7) is -0.252. The van der Waals surface area contributed by atoms with Crippen molar-refractivity contribution < 1.29 is 31.9 Å². The number of carbonyl (C=O) groups is 2. The van der Waals surface area contributed by atoms with Crippen molar-refractivity contribution in [3.63, 3.8) is 0 Å². The average Bonchev–Trinajstić information content (AvgIpc) is 3.12. The summed E-state index contributed by atoms with van der Waals surface area (Å²) < 4.78 is 35.7. The van der Waals surface area contributed by atoms with Gasteiger partial charge in [-0.3, -0.25) is 24.6 Å². The Labute approximate surface area is 220 Å². The fraction of sp³-hybridized carbons (Fsp3) is 0.0833. The first-order chi connectivity index (χ1) is 17.6. The molecule has 1 fully saturated rings. The Morgan fingerprint density at radius 3 is 2.43 bits per heavy atom. The van der Waals surface area contributed by atoms with Crippen LogP contribution in [0.1, 0.15) is 11.1 Å². The molecule has 190 valence electrons. The maximum atomic E-state index is 12.9. The molecular formula is C24H17ClN2O8S2. The van der Waals surface area contributed by atoms with Crippen LogP contribution >= 0.6 is 23.4 Å². The highest BCUT2D eigenvalue weighted by Crippen LogP contribution is 2.36. The van der Waals surface area contributed by atoms with Gasteiger partial charge in [0.15, 0.2) is 11.5 Å². The number of nitro groups is 1. The molecule has 0 saturated carbocycles. The molecule has 37 heavy (non-hydrogen) atoms. The molecule has 0 aliphatic carbocycles. The van der Waals surface area contributed by atoms with Gasteiger partial charge in [0, 0.05) is 16.7 Å². The van der Waals surface area contributed by atoms with Gasteiger partial charge in [-0.15, -0.1) is 0 Å². The molecule has 0 bridgehead atoms. The lowest BCUT2D eigenvalue weighted by Crippen LogP contribution is -2.27. The highest BCUT2D eigenvalue weighted by atomic mass is 35.5. The summed E-state index contributed by atoms with van der Waals surface area (Å²) >= 11 is 6.49. The van der Waals surface area contributed by atoms with Crippen LogP contribution in [0.25, 0.3) is 6.08 Å². The molecule has 2 amide bonds. The highest BCUT2D eigenvalue weighted by Gasteiger charge is 2.36. The molecule has 3 aromatic rings. The predicted molar refractivity (Wildman–Crippen MR) is 137 cm³/mol. The third kappa shape index (κ3) is 5.77. The van der Waals surface area contributed by atoms with E-state index in [-0.39, 0.29) is 39.1 Å². The Bertz CT molecular complexity index is 1540. The zero-order chi connectivity index (χ0) is 26.7. The number of halogens is 1. The van der Waals surface area contributed by atoms with Gasteiger partial charge in [-0.05, 0) is 59.8 Å². The first-order valence-electron chi connectivity index (χ1n) is 10.4. The largest absolute Gasteiger partial charge is 0.493 e. The van der Waals surface area contributed by atoms with Gasteiger partial charge in [0.25, 0.3) is 16.8 Å². The number of amides is 2. The minimum Gasteiger partial charge on any atom is -0.493 e. The third-order valence-corrected chi connectivity index (χ3v) is 7.59. The molecule has 13 heteroatoms. The summed E-state index contributed by atoms with van der Waals surface area (Å²) in [5.41, 5.74) is 0.463. The van der Waals surface area contributed by atoms with Crippen molar-refractivity contribution in [1.82, 2.24) is 4.90 Å². The quantitative estimate of drug-likeness (QED) is 0.156. The van der Waals surface area contributed by atoms with Crippen molar-refractivity contribution in [2.24, 2.45) is 0 Å². The molecule has 0 N–H and O–H groups in total. The van der Waals surface area contributed by atoms with E-state index in [4.69, 9.17) is 20.5 Å². The SMILES string of the molecule is COc1cc(/C=C2\SC(=O)N(Cc3ccccc3[N+](=O)[O-])C2=O)ccc1OS(=O)(=O)c1ccc(Cl)cc1. The normalized spacial score (nSPS) is 14.8. The zero-order valence-corrected chi connectivity index (χ0v) is 21.4. The van der Waals surface area contributed by atoms with Crippen LogP contribution in [0.15, 0.2) is 76.5 Å². The molecule has 1 heterocycles. The van der Waals surface area contributed by atoms with Gasteiger partial charge in [0.1, 0.15) is 4.90 Å². The molecule has 3 aromatic carbocycles. The molecule has 10 nitrogen and oxygen atoms in total. The number of hydrogen-bond donors (Lipinski definition) is 0. The molecule has 0 atom stereocenters. The third-order valence-electron chi connectivity index (χ3n) is 5.18. The standard InChI is InChI=1S/C24H17ClN2O8S2/c1-34-21-12-15(6-11-20(21)35-37(32,33)18-9-7-17(25)8-10-18)13-22-23(28)26(24(29)36-22)14-16-4-2-3-5-19(16)27(30)31/h2-13H,14H2,1H3/b22-13-. The summed E-state index contributed by atoms with van der Waals surface area (Å²) in [7, 11) is -2.85. The maximum absolute atomic E-state index is 12.9.